The molecule has 0 saturated heterocycles. The summed E-state index contributed by atoms with van der Waals surface area (Å²) in [5.74, 6) is 0.907. The molecule has 0 amide bonds. The normalized spacial score (nSPS) is 14.6. The van der Waals surface area contributed by atoms with Gasteiger partial charge < -0.3 is 5.11 Å². The lowest BCUT2D eigenvalue weighted by Gasteiger charge is -2.23. The van der Waals surface area contributed by atoms with E-state index in [9.17, 15) is 5.11 Å². The van der Waals surface area contributed by atoms with Crippen LogP contribution in [-0.2, 0) is 0 Å². The van der Waals surface area contributed by atoms with Crippen LogP contribution < -0.4 is 0 Å². The van der Waals surface area contributed by atoms with Crippen LogP contribution in [0.25, 0.3) is 0 Å². The minimum Gasteiger partial charge on any atom is -0.386 e. The number of aliphatic hydroxyl groups is 1. The van der Waals surface area contributed by atoms with Crippen molar-refractivity contribution in [2.24, 2.45) is 0 Å². The van der Waals surface area contributed by atoms with Gasteiger partial charge in [-0.05, 0) is 38.0 Å². The standard InChI is InChI=1S/C13H18OS/c1-11(2)13(3,14)9-10-15-12-7-5-4-6-8-12/h4-8,14H,1,9-10H2,2-3H3/t13-/m1/s1. The molecule has 0 fully saturated rings. The summed E-state index contributed by atoms with van der Waals surface area (Å²) in [7, 11) is 0. The van der Waals surface area contributed by atoms with Gasteiger partial charge in [-0.1, -0.05) is 24.8 Å². The molecular formula is C13H18OS. The van der Waals surface area contributed by atoms with Gasteiger partial charge >= 0.3 is 0 Å². The molecule has 0 aliphatic heterocycles. The van der Waals surface area contributed by atoms with Gasteiger partial charge in [-0.15, -0.1) is 11.8 Å². The molecule has 1 aromatic carbocycles. The van der Waals surface area contributed by atoms with Crippen LogP contribution in [-0.4, -0.2) is 16.5 Å². The van der Waals surface area contributed by atoms with Crippen LogP contribution in [0.4, 0.5) is 0 Å². The summed E-state index contributed by atoms with van der Waals surface area (Å²) in [6, 6.07) is 10.2. The van der Waals surface area contributed by atoms with Crippen molar-refractivity contribution in [3.05, 3.63) is 42.5 Å². The fourth-order valence-corrected chi connectivity index (χ4v) is 2.18. The van der Waals surface area contributed by atoms with E-state index in [1.807, 2.05) is 32.0 Å². The summed E-state index contributed by atoms with van der Waals surface area (Å²) in [4.78, 5) is 1.25. The van der Waals surface area contributed by atoms with Gasteiger partial charge in [0.15, 0.2) is 0 Å². The first-order valence-electron chi connectivity index (χ1n) is 5.08. The predicted molar refractivity (Wildman–Crippen MR) is 67.2 cm³/mol. The molecule has 0 aliphatic carbocycles. The number of thioether (sulfide) groups is 1. The number of benzene rings is 1. The van der Waals surface area contributed by atoms with E-state index >= 15 is 0 Å². The lowest BCUT2D eigenvalue weighted by molar-refractivity contribution is 0.0964. The second-order valence-corrected chi connectivity index (χ2v) is 5.13. The first-order chi connectivity index (χ1) is 7.02. The third-order valence-corrected chi connectivity index (χ3v) is 3.53. The number of rotatable bonds is 5. The lowest BCUT2D eigenvalue weighted by atomic mass is 9.96. The summed E-state index contributed by atoms with van der Waals surface area (Å²) in [6.45, 7) is 7.48. The van der Waals surface area contributed by atoms with Crippen molar-refractivity contribution in [2.45, 2.75) is 30.8 Å². The minimum absolute atomic E-state index is 0.734. The monoisotopic (exact) mass is 222 g/mol. The van der Waals surface area contributed by atoms with E-state index in [0.717, 1.165) is 17.7 Å². The van der Waals surface area contributed by atoms with E-state index in [1.54, 1.807) is 11.8 Å². The third-order valence-electron chi connectivity index (χ3n) is 2.52. The first-order valence-corrected chi connectivity index (χ1v) is 6.07. The van der Waals surface area contributed by atoms with E-state index in [4.69, 9.17) is 0 Å². The zero-order chi connectivity index (χ0) is 11.3. The Balaban J connectivity index is 2.37. The zero-order valence-electron chi connectivity index (χ0n) is 9.36. The molecule has 1 nitrogen and oxygen atoms in total. The van der Waals surface area contributed by atoms with Gasteiger partial charge in [0, 0.05) is 10.6 Å². The SMILES string of the molecule is C=C(C)[C@](C)(O)CCSc1ccccc1. The minimum atomic E-state index is -0.734. The van der Waals surface area contributed by atoms with Crippen LogP contribution in [0.1, 0.15) is 20.3 Å². The first kappa shape index (κ1) is 12.3. The van der Waals surface area contributed by atoms with Crippen molar-refractivity contribution in [2.75, 3.05) is 5.75 Å². The fraction of sp³-hybridized carbons (Fsp3) is 0.385. The average Bonchev–Trinajstić information content (AvgIpc) is 2.19. The third kappa shape index (κ3) is 4.10. The van der Waals surface area contributed by atoms with Crippen LogP contribution >= 0.6 is 11.8 Å². The van der Waals surface area contributed by atoms with Gasteiger partial charge in [-0.2, -0.15) is 0 Å². The molecule has 0 heterocycles. The maximum atomic E-state index is 9.96. The molecule has 0 radical (unpaired) electrons. The Hall–Kier alpha value is -0.730. The largest absolute Gasteiger partial charge is 0.386 e. The predicted octanol–water partition coefficient (Wildman–Crippen LogP) is 3.50. The lowest BCUT2D eigenvalue weighted by Crippen LogP contribution is -2.25. The van der Waals surface area contributed by atoms with Crippen LogP contribution in [0.2, 0.25) is 0 Å². The highest BCUT2D eigenvalue weighted by Crippen LogP contribution is 2.24. The molecule has 2 heteroatoms. The van der Waals surface area contributed by atoms with Gasteiger partial charge in [0.05, 0.1) is 5.60 Å². The molecule has 0 bridgehead atoms. The van der Waals surface area contributed by atoms with Crippen molar-refractivity contribution in [1.82, 2.24) is 0 Å². The molecule has 0 saturated carbocycles. The Morgan fingerprint density at radius 2 is 2.00 bits per heavy atom. The molecule has 0 spiro atoms. The molecule has 0 aliphatic rings. The van der Waals surface area contributed by atoms with E-state index < -0.39 is 5.60 Å². The quantitative estimate of drug-likeness (QED) is 0.608. The molecule has 0 aromatic heterocycles. The Kier molecular flexibility index (Phi) is 4.43. The van der Waals surface area contributed by atoms with Crippen molar-refractivity contribution in [3.8, 4) is 0 Å². The van der Waals surface area contributed by atoms with Crippen molar-refractivity contribution < 1.29 is 5.11 Å². The average molecular weight is 222 g/mol. The van der Waals surface area contributed by atoms with Gasteiger partial charge in [0.25, 0.3) is 0 Å². The molecule has 82 valence electrons. The Morgan fingerprint density at radius 1 is 1.40 bits per heavy atom. The highest BCUT2D eigenvalue weighted by molar-refractivity contribution is 7.99. The second kappa shape index (κ2) is 5.38. The van der Waals surface area contributed by atoms with Crippen molar-refractivity contribution in [3.63, 3.8) is 0 Å². The Morgan fingerprint density at radius 3 is 2.53 bits per heavy atom. The maximum absolute atomic E-state index is 9.96. The molecule has 1 atom stereocenters. The smallest absolute Gasteiger partial charge is 0.0831 e. The van der Waals surface area contributed by atoms with E-state index in [-0.39, 0.29) is 0 Å². The van der Waals surface area contributed by atoms with Gasteiger partial charge in [0.1, 0.15) is 0 Å². The topological polar surface area (TPSA) is 20.2 Å². The van der Waals surface area contributed by atoms with Crippen LogP contribution in [0, 0.1) is 0 Å². The van der Waals surface area contributed by atoms with Crippen molar-refractivity contribution >= 4 is 11.8 Å². The van der Waals surface area contributed by atoms with Crippen LogP contribution in [0.15, 0.2) is 47.4 Å². The van der Waals surface area contributed by atoms with E-state index in [2.05, 4.69) is 18.7 Å². The van der Waals surface area contributed by atoms with Crippen LogP contribution in [0.3, 0.4) is 0 Å². The summed E-state index contributed by atoms with van der Waals surface area (Å²) >= 11 is 1.76. The Bertz CT molecular complexity index is 317. The Labute approximate surface area is 96.2 Å². The highest BCUT2D eigenvalue weighted by atomic mass is 32.2. The van der Waals surface area contributed by atoms with E-state index in [1.165, 1.54) is 4.90 Å². The van der Waals surface area contributed by atoms with Gasteiger partial charge in [-0.25, -0.2) is 0 Å². The van der Waals surface area contributed by atoms with Crippen LogP contribution in [0.5, 0.6) is 0 Å². The summed E-state index contributed by atoms with van der Waals surface area (Å²) in [5, 5.41) is 9.96. The summed E-state index contributed by atoms with van der Waals surface area (Å²) in [6.07, 6.45) is 0.738. The van der Waals surface area contributed by atoms with Gasteiger partial charge in [0.2, 0.25) is 0 Å². The van der Waals surface area contributed by atoms with Gasteiger partial charge in [-0.3, -0.25) is 0 Å². The number of hydrogen-bond acceptors (Lipinski definition) is 2. The molecule has 15 heavy (non-hydrogen) atoms. The second-order valence-electron chi connectivity index (χ2n) is 3.97. The fourth-order valence-electron chi connectivity index (χ4n) is 1.10. The summed E-state index contributed by atoms with van der Waals surface area (Å²) in [5.41, 5.74) is 0.0954. The molecule has 1 N–H and O–H groups in total. The molecule has 1 rings (SSSR count). The molecule has 1 aromatic rings. The zero-order valence-corrected chi connectivity index (χ0v) is 10.2. The van der Waals surface area contributed by atoms with E-state index in [0.29, 0.717) is 0 Å². The molecule has 0 unspecified atom stereocenters. The highest BCUT2D eigenvalue weighted by Gasteiger charge is 2.20. The maximum Gasteiger partial charge on any atom is 0.0831 e. The summed E-state index contributed by atoms with van der Waals surface area (Å²) < 4.78 is 0. The number of hydrogen-bond donors (Lipinski definition) is 1. The van der Waals surface area contributed by atoms with Crippen molar-refractivity contribution in [1.29, 1.82) is 0 Å². The molecular weight excluding hydrogens is 204 g/mol.